The molecule has 0 saturated carbocycles. The lowest BCUT2D eigenvalue weighted by atomic mass is 10.1. The van der Waals surface area contributed by atoms with E-state index in [2.05, 4.69) is 22.6 Å². The molecule has 1 aromatic carbocycles. The molecular weight excluding hydrogens is 338 g/mol. The van der Waals surface area contributed by atoms with Crippen LogP contribution in [0.2, 0.25) is 5.02 Å². The number of hydrogen-bond donors (Lipinski definition) is 0. The van der Waals surface area contributed by atoms with Gasteiger partial charge in [0.25, 0.3) is 0 Å². The molecule has 0 spiro atoms. The Labute approximate surface area is 114 Å². The van der Waals surface area contributed by atoms with Crippen molar-refractivity contribution in [2.45, 2.75) is 33.3 Å². The first-order valence-electron chi connectivity index (χ1n) is 4.90. The summed E-state index contributed by atoms with van der Waals surface area (Å²) in [6.07, 6.45) is 0. The van der Waals surface area contributed by atoms with Gasteiger partial charge in [0.1, 0.15) is 5.60 Å². The van der Waals surface area contributed by atoms with Crippen LogP contribution in [-0.4, -0.2) is 11.6 Å². The molecule has 1 aromatic rings. The molecule has 0 amide bonds. The fourth-order valence-electron chi connectivity index (χ4n) is 1.23. The average molecular weight is 353 g/mol. The molecule has 0 saturated heterocycles. The Morgan fingerprint density at radius 1 is 1.38 bits per heavy atom. The van der Waals surface area contributed by atoms with Gasteiger partial charge in [-0.25, -0.2) is 4.79 Å². The van der Waals surface area contributed by atoms with Crippen molar-refractivity contribution >= 4 is 40.2 Å². The van der Waals surface area contributed by atoms with Gasteiger partial charge in [0.05, 0.1) is 5.56 Å². The molecule has 0 aliphatic rings. The summed E-state index contributed by atoms with van der Waals surface area (Å²) in [5.41, 5.74) is 0.834. The molecule has 0 atom stereocenters. The van der Waals surface area contributed by atoms with Gasteiger partial charge >= 0.3 is 5.97 Å². The lowest BCUT2D eigenvalue weighted by Crippen LogP contribution is -2.25. The Balaban J connectivity index is 3.14. The summed E-state index contributed by atoms with van der Waals surface area (Å²) in [7, 11) is 0. The average Bonchev–Trinajstić information content (AvgIpc) is 2.09. The third kappa shape index (κ3) is 3.35. The van der Waals surface area contributed by atoms with Gasteiger partial charge in [-0.1, -0.05) is 11.6 Å². The second-order valence-corrected chi connectivity index (χ2v) is 6.10. The van der Waals surface area contributed by atoms with Crippen LogP contribution in [-0.2, 0) is 4.74 Å². The third-order valence-electron chi connectivity index (χ3n) is 1.95. The highest BCUT2D eigenvalue weighted by Gasteiger charge is 2.22. The minimum atomic E-state index is -0.491. The molecule has 0 aromatic heterocycles. The second-order valence-electron chi connectivity index (χ2n) is 4.53. The lowest BCUT2D eigenvalue weighted by molar-refractivity contribution is 0.00675. The zero-order valence-corrected chi connectivity index (χ0v) is 12.6. The van der Waals surface area contributed by atoms with E-state index in [0.717, 1.165) is 9.13 Å². The van der Waals surface area contributed by atoms with E-state index in [0.29, 0.717) is 10.6 Å². The fourth-order valence-corrected chi connectivity index (χ4v) is 2.19. The molecule has 1 rings (SSSR count). The number of benzene rings is 1. The smallest absolute Gasteiger partial charge is 0.340 e. The van der Waals surface area contributed by atoms with Gasteiger partial charge in [0.2, 0.25) is 0 Å². The molecule has 16 heavy (non-hydrogen) atoms. The Hall–Kier alpha value is -0.290. The van der Waals surface area contributed by atoms with Gasteiger partial charge in [0.15, 0.2) is 0 Å². The standard InChI is InChI=1S/C12H14ClIO2/c1-7-8(13)5-6-9(14)10(7)11(15)16-12(2,3)4/h5-6H,1-4H3. The number of ether oxygens (including phenoxy) is 1. The van der Waals surface area contributed by atoms with Gasteiger partial charge < -0.3 is 4.74 Å². The number of hydrogen-bond acceptors (Lipinski definition) is 2. The topological polar surface area (TPSA) is 26.3 Å². The Kier molecular flexibility index (Phi) is 4.23. The first kappa shape index (κ1) is 13.8. The molecule has 0 radical (unpaired) electrons. The van der Waals surface area contributed by atoms with Crippen LogP contribution in [0.3, 0.4) is 0 Å². The first-order chi connectivity index (χ1) is 7.22. The van der Waals surface area contributed by atoms with Crippen molar-refractivity contribution in [2.24, 2.45) is 0 Å². The van der Waals surface area contributed by atoms with Gasteiger partial charge in [-0.15, -0.1) is 0 Å². The van der Waals surface area contributed by atoms with E-state index in [1.807, 2.05) is 33.8 Å². The van der Waals surface area contributed by atoms with Crippen molar-refractivity contribution in [1.82, 2.24) is 0 Å². The summed E-state index contributed by atoms with van der Waals surface area (Å²) < 4.78 is 6.19. The lowest BCUT2D eigenvalue weighted by Gasteiger charge is -2.20. The second kappa shape index (κ2) is 4.92. The first-order valence-corrected chi connectivity index (χ1v) is 6.36. The maximum absolute atomic E-state index is 12.0. The van der Waals surface area contributed by atoms with E-state index < -0.39 is 5.60 Å². The molecule has 0 aliphatic heterocycles. The molecule has 0 bridgehead atoms. The van der Waals surface area contributed by atoms with Gasteiger partial charge in [-0.2, -0.15) is 0 Å². The van der Waals surface area contributed by atoms with E-state index in [-0.39, 0.29) is 5.97 Å². The molecule has 0 unspecified atom stereocenters. The predicted molar refractivity (Wildman–Crippen MR) is 74.1 cm³/mol. The highest BCUT2D eigenvalue weighted by molar-refractivity contribution is 14.1. The summed E-state index contributed by atoms with van der Waals surface area (Å²) in [4.78, 5) is 12.0. The minimum Gasteiger partial charge on any atom is -0.456 e. The van der Waals surface area contributed by atoms with Crippen molar-refractivity contribution in [3.63, 3.8) is 0 Å². The summed E-state index contributed by atoms with van der Waals surface area (Å²) in [6, 6.07) is 3.60. The zero-order valence-electron chi connectivity index (χ0n) is 9.73. The van der Waals surface area contributed by atoms with Crippen molar-refractivity contribution < 1.29 is 9.53 Å². The molecule has 0 heterocycles. The number of esters is 1. The number of halogens is 2. The normalized spacial score (nSPS) is 11.4. The Bertz CT molecular complexity index is 422. The summed E-state index contributed by atoms with van der Waals surface area (Å²) in [6.45, 7) is 7.36. The largest absolute Gasteiger partial charge is 0.456 e. The van der Waals surface area contributed by atoms with Gasteiger partial charge in [0, 0.05) is 8.59 Å². The number of carbonyl (C=O) groups is 1. The third-order valence-corrected chi connectivity index (χ3v) is 3.26. The SMILES string of the molecule is Cc1c(Cl)ccc(I)c1C(=O)OC(C)(C)C. The Morgan fingerprint density at radius 2 is 1.94 bits per heavy atom. The summed E-state index contributed by atoms with van der Waals surface area (Å²) >= 11 is 8.10. The van der Waals surface area contributed by atoms with Crippen LogP contribution in [0.1, 0.15) is 36.7 Å². The number of carbonyl (C=O) groups excluding carboxylic acids is 1. The van der Waals surface area contributed by atoms with E-state index in [1.54, 1.807) is 6.07 Å². The van der Waals surface area contributed by atoms with Crippen LogP contribution in [0.5, 0.6) is 0 Å². The summed E-state index contributed by atoms with van der Waals surface area (Å²) in [5.74, 6) is -0.322. The van der Waals surface area contributed by atoms with Crippen LogP contribution in [0, 0.1) is 10.5 Å². The highest BCUT2D eigenvalue weighted by Crippen LogP contribution is 2.26. The van der Waals surface area contributed by atoms with Crippen molar-refractivity contribution in [3.8, 4) is 0 Å². The summed E-state index contributed by atoms with van der Waals surface area (Å²) in [5, 5.41) is 0.585. The fraction of sp³-hybridized carbons (Fsp3) is 0.417. The molecule has 2 nitrogen and oxygen atoms in total. The minimum absolute atomic E-state index is 0.322. The van der Waals surface area contributed by atoms with Crippen LogP contribution in [0.25, 0.3) is 0 Å². The molecule has 4 heteroatoms. The van der Waals surface area contributed by atoms with Crippen LogP contribution in [0.4, 0.5) is 0 Å². The van der Waals surface area contributed by atoms with Crippen molar-refractivity contribution in [2.75, 3.05) is 0 Å². The molecule has 0 N–H and O–H groups in total. The maximum Gasteiger partial charge on any atom is 0.340 e. The highest BCUT2D eigenvalue weighted by atomic mass is 127. The van der Waals surface area contributed by atoms with Crippen molar-refractivity contribution in [1.29, 1.82) is 0 Å². The molecular formula is C12H14ClIO2. The molecule has 88 valence electrons. The predicted octanol–water partition coefficient (Wildman–Crippen LogP) is 4.21. The molecule has 0 fully saturated rings. The Morgan fingerprint density at radius 3 is 2.44 bits per heavy atom. The van der Waals surface area contributed by atoms with Gasteiger partial charge in [-0.3, -0.25) is 0 Å². The maximum atomic E-state index is 12.0. The van der Waals surface area contributed by atoms with Crippen molar-refractivity contribution in [3.05, 3.63) is 31.9 Å². The van der Waals surface area contributed by atoms with Crippen LogP contribution < -0.4 is 0 Å². The monoisotopic (exact) mass is 352 g/mol. The number of rotatable bonds is 1. The van der Waals surface area contributed by atoms with Crippen LogP contribution >= 0.6 is 34.2 Å². The zero-order chi connectivity index (χ0) is 12.5. The quantitative estimate of drug-likeness (QED) is 0.559. The van der Waals surface area contributed by atoms with E-state index >= 15 is 0 Å². The van der Waals surface area contributed by atoms with Gasteiger partial charge in [-0.05, 0) is 68.0 Å². The van der Waals surface area contributed by atoms with E-state index in [1.165, 1.54) is 0 Å². The van der Waals surface area contributed by atoms with E-state index in [9.17, 15) is 4.79 Å². The van der Waals surface area contributed by atoms with E-state index in [4.69, 9.17) is 16.3 Å². The van der Waals surface area contributed by atoms with Crippen LogP contribution in [0.15, 0.2) is 12.1 Å². The molecule has 0 aliphatic carbocycles.